The summed E-state index contributed by atoms with van der Waals surface area (Å²) in [6, 6.07) is 4.70. The summed E-state index contributed by atoms with van der Waals surface area (Å²) in [5.41, 5.74) is -0.152. The number of sulfonamides is 1. The molecule has 0 unspecified atom stereocenters. The topological polar surface area (TPSA) is 113 Å². The van der Waals surface area contributed by atoms with Crippen LogP contribution in [-0.2, 0) is 10.0 Å². The summed E-state index contributed by atoms with van der Waals surface area (Å²) in [7, 11) is -3.58. The van der Waals surface area contributed by atoms with Gasteiger partial charge in [-0.1, -0.05) is 6.07 Å². The van der Waals surface area contributed by atoms with Crippen molar-refractivity contribution in [3.63, 3.8) is 0 Å². The van der Waals surface area contributed by atoms with Gasteiger partial charge in [0.05, 0.1) is 21.7 Å². The van der Waals surface area contributed by atoms with Crippen molar-refractivity contribution < 1.29 is 18.1 Å². The number of thioether (sulfide) groups is 1. The molecule has 0 aliphatic heterocycles. The zero-order chi connectivity index (χ0) is 15.3. The number of hydrogen-bond donors (Lipinski definition) is 1. The largest absolute Gasteiger partial charge is 0.484 e. The first-order valence-corrected chi connectivity index (χ1v) is 8.48. The Hall–Kier alpha value is -1.32. The second-order valence-electron chi connectivity index (χ2n) is 4.24. The van der Waals surface area contributed by atoms with Gasteiger partial charge >= 0.3 is 5.69 Å². The van der Waals surface area contributed by atoms with Gasteiger partial charge in [-0.25, -0.2) is 13.6 Å². The van der Waals surface area contributed by atoms with Crippen molar-refractivity contribution in [1.82, 2.24) is 0 Å². The average Bonchev–Trinajstić information content (AvgIpc) is 2.25. The third-order valence-electron chi connectivity index (χ3n) is 2.13. The number of primary sulfonamides is 1. The third-order valence-corrected chi connectivity index (χ3v) is 4.21. The van der Waals surface area contributed by atoms with Crippen LogP contribution in [0.1, 0.15) is 13.8 Å². The predicted molar refractivity (Wildman–Crippen MR) is 77.6 cm³/mol. The Bertz CT molecular complexity index is 586. The summed E-state index contributed by atoms with van der Waals surface area (Å²) in [5.74, 6) is 0.0696. The highest BCUT2D eigenvalue weighted by Gasteiger charge is 2.22. The van der Waals surface area contributed by atoms with Crippen molar-refractivity contribution in [3.8, 4) is 5.75 Å². The molecule has 0 saturated heterocycles. The number of nitro groups is 1. The molecule has 0 saturated carbocycles. The number of para-hydroxylation sites is 1. The Kier molecular flexibility index (Phi) is 5.78. The number of nitrogens with zero attached hydrogens (tertiary/aromatic N) is 1. The summed E-state index contributed by atoms with van der Waals surface area (Å²) in [6.45, 7) is 3.54. The number of benzene rings is 1. The van der Waals surface area contributed by atoms with E-state index in [-0.39, 0.29) is 29.0 Å². The minimum Gasteiger partial charge on any atom is -0.484 e. The van der Waals surface area contributed by atoms with Crippen molar-refractivity contribution in [3.05, 3.63) is 28.3 Å². The number of nitrogens with two attached hydrogens (primary N) is 1. The molecule has 0 atom stereocenters. The molecule has 0 aliphatic carbocycles. The predicted octanol–water partition coefficient (Wildman–Crippen LogP) is 1.76. The van der Waals surface area contributed by atoms with Crippen molar-refractivity contribution in [2.45, 2.75) is 24.8 Å². The monoisotopic (exact) mass is 320 g/mol. The van der Waals surface area contributed by atoms with Crippen LogP contribution in [0.15, 0.2) is 23.1 Å². The Morgan fingerprint density at radius 2 is 2.10 bits per heavy atom. The zero-order valence-corrected chi connectivity index (χ0v) is 12.7. The zero-order valence-electron chi connectivity index (χ0n) is 11.1. The first-order chi connectivity index (χ1) is 9.20. The van der Waals surface area contributed by atoms with E-state index in [1.807, 2.05) is 0 Å². The summed E-state index contributed by atoms with van der Waals surface area (Å²) in [5, 5.41) is 16.0. The number of ether oxygens (including phenoxy) is 1. The highest BCUT2D eigenvalue weighted by atomic mass is 32.2. The number of hydrogen-bond acceptors (Lipinski definition) is 6. The van der Waals surface area contributed by atoms with Gasteiger partial charge in [0.1, 0.15) is 0 Å². The fraction of sp³-hybridized carbons (Fsp3) is 0.455. The van der Waals surface area contributed by atoms with E-state index in [1.54, 1.807) is 26.0 Å². The molecule has 1 aromatic carbocycles. The molecule has 112 valence electrons. The van der Waals surface area contributed by atoms with Crippen molar-refractivity contribution in [1.29, 1.82) is 0 Å². The molecular weight excluding hydrogens is 304 g/mol. The molecule has 1 aromatic rings. The van der Waals surface area contributed by atoms with Gasteiger partial charge in [0.2, 0.25) is 10.0 Å². The molecular formula is C11H16N2O5S2. The van der Waals surface area contributed by atoms with Gasteiger partial charge in [-0.3, -0.25) is 10.1 Å². The number of nitro benzene ring substituents is 1. The summed E-state index contributed by atoms with van der Waals surface area (Å²) in [4.78, 5) is 11.0. The van der Waals surface area contributed by atoms with Gasteiger partial charge < -0.3 is 4.74 Å². The van der Waals surface area contributed by atoms with E-state index in [2.05, 4.69) is 0 Å². The summed E-state index contributed by atoms with van der Waals surface area (Å²) in [6.07, 6.45) is -0.196. The maximum Gasteiger partial charge on any atom is 0.324 e. The Balaban J connectivity index is 2.97. The lowest BCUT2D eigenvalue weighted by Crippen LogP contribution is -2.17. The Morgan fingerprint density at radius 1 is 1.45 bits per heavy atom. The molecule has 0 amide bonds. The lowest BCUT2D eigenvalue weighted by molar-refractivity contribution is -0.388. The fourth-order valence-corrected chi connectivity index (χ4v) is 3.38. The molecule has 9 heteroatoms. The first kappa shape index (κ1) is 16.7. The van der Waals surface area contributed by atoms with Crippen LogP contribution in [0.4, 0.5) is 5.69 Å². The van der Waals surface area contributed by atoms with Crippen LogP contribution in [0.3, 0.4) is 0 Å². The minimum absolute atomic E-state index is 0.144. The molecule has 0 aliphatic rings. The second kappa shape index (κ2) is 6.91. The Morgan fingerprint density at radius 3 is 2.60 bits per heavy atom. The van der Waals surface area contributed by atoms with E-state index in [0.717, 1.165) is 11.8 Å². The van der Waals surface area contributed by atoms with E-state index < -0.39 is 14.9 Å². The third kappa shape index (κ3) is 5.35. The molecule has 0 heterocycles. The van der Waals surface area contributed by atoms with Crippen molar-refractivity contribution >= 4 is 27.5 Å². The second-order valence-corrected chi connectivity index (χ2v) is 7.11. The van der Waals surface area contributed by atoms with Crippen molar-refractivity contribution in [2.75, 3.05) is 11.5 Å². The first-order valence-electron chi connectivity index (χ1n) is 5.78. The molecule has 1 rings (SSSR count). The van der Waals surface area contributed by atoms with Crippen LogP contribution in [-0.4, -0.2) is 31.0 Å². The molecule has 0 spiro atoms. The minimum atomic E-state index is -3.58. The van der Waals surface area contributed by atoms with Gasteiger partial charge in [0.25, 0.3) is 0 Å². The molecule has 2 N–H and O–H groups in total. The lowest BCUT2D eigenvalue weighted by Gasteiger charge is -2.11. The highest BCUT2D eigenvalue weighted by molar-refractivity contribution is 8.00. The van der Waals surface area contributed by atoms with Crippen LogP contribution in [0.5, 0.6) is 5.75 Å². The van der Waals surface area contributed by atoms with E-state index in [9.17, 15) is 18.5 Å². The van der Waals surface area contributed by atoms with Crippen molar-refractivity contribution in [2.24, 2.45) is 5.14 Å². The molecule has 0 aromatic heterocycles. The van der Waals surface area contributed by atoms with Gasteiger partial charge in [-0.15, -0.1) is 11.8 Å². The van der Waals surface area contributed by atoms with Crippen LogP contribution < -0.4 is 9.88 Å². The van der Waals surface area contributed by atoms with E-state index in [0.29, 0.717) is 4.90 Å². The van der Waals surface area contributed by atoms with Gasteiger partial charge in [0.15, 0.2) is 5.75 Å². The van der Waals surface area contributed by atoms with E-state index >= 15 is 0 Å². The van der Waals surface area contributed by atoms with Crippen LogP contribution in [0, 0.1) is 10.1 Å². The smallest absolute Gasteiger partial charge is 0.324 e. The lowest BCUT2D eigenvalue weighted by atomic mass is 10.3. The van der Waals surface area contributed by atoms with Crippen LogP contribution in [0.25, 0.3) is 0 Å². The SMILES string of the molecule is CC(C)Oc1cccc(SCCS(N)(=O)=O)c1[N+](=O)[O-]. The number of rotatable bonds is 7. The quantitative estimate of drug-likeness (QED) is 0.465. The standard InChI is InChI=1S/C11H16N2O5S2/c1-8(2)18-9-4-3-5-10(11(9)13(14)15)19-6-7-20(12,16)17/h3-5,8H,6-7H2,1-2H3,(H2,12,16,17). The normalized spacial score (nSPS) is 11.6. The Labute approximate surface area is 121 Å². The van der Waals surface area contributed by atoms with E-state index in [4.69, 9.17) is 9.88 Å². The molecule has 7 nitrogen and oxygen atoms in total. The maximum atomic E-state index is 11.2. The molecule has 20 heavy (non-hydrogen) atoms. The van der Waals surface area contributed by atoms with Gasteiger partial charge in [-0.05, 0) is 26.0 Å². The molecule has 0 bridgehead atoms. The van der Waals surface area contributed by atoms with Gasteiger partial charge in [-0.2, -0.15) is 0 Å². The van der Waals surface area contributed by atoms with Crippen LogP contribution in [0.2, 0.25) is 0 Å². The van der Waals surface area contributed by atoms with Crippen LogP contribution >= 0.6 is 11.8 Å². The van der Waals surface area contributed by atoms with E-state index in [1.165, 1.54) is 6.07 Å². The summed E-state index contributed by atoms with van der Waals surface area (Å²) >= 11 is 1.06. The molecule has 0 radical (unpaired) electrons. The molecule has 0 fully saturated rings. The fourth-order valence-electron chi connectivity index (χ4n) is 1.42. The summed E-state index contributed by atoms with van der Waals surface area (Å²) < 4.78 is 27.1. The maximum absolute atomic E-state index is 11.2. The highest BCUT2D eigenvalue weighted by Crippen LogP contribution is 2.37. The average molecular weight is 320 g/mol. The van der Waals surface area contributed by atoms with Gasteiger partial charge in [0, 0.05) is 5.75 Å².